The molecule has 94 valence electrons. The van der Waals surface area contributed by atoms with Crippen LogP contribution in [0.2, 0.25) is 0 Å². The Labute approximate surface area is 102 Å². The van der Waals surface area contributed by atoms with Crippen LogP contribution in [0.25, 0.3) is 0 Å². The number of rotatable bonds is 3. The molecule has 2 rings (SSSR count). The molecule has 1 aliphatic heterocycles. The van der Waals surface area contributed by atoms with E-state index in [0.29, 0.717) is 17.3 Å². The molecule has 1 saturated heterocycles. The van der Waals surface area contributed by atoms with Crippen LogP contribution in [0, 0.1) is 5.92 Å². The third-order valence-corrected chi connectivity index (χ3v) is 3.52. The molecule has 0 aliphatic carbocycles. The summed E-state index contributed by atoms with van der Waals surface area (Å²) < 4.78 is 1.81. The Morgan fingerprint density at radius 3 is 2.94 bits per heavy atom. The van der Waals surface area contributed by atoms with Gasteiger partial charge in [-0.05, 0) is 24.8 Å². The smallest absolute Gasteiger partial charge is 0.270 e. The van der Waals surface area contributed by atoms with Crippen LogP contribution in [0.3, 0.4) is 0 Å². The fraction of sp³-hybridized carbons (Fsp3) is 0.615. The van der Waals surface area contributed by atoms with Crippen LogP contribution in [-0.4, -0.2) is 28.5 Å². The molecule has 0 radical (unpaired) electrons. The van der Waals surface area contributed by atoms with Crippen LogP contribution in [0.15, 0.2) is 12.3 Å². The molecule has 4 nitrogen and oxygen atoms in total. The maximum absolute atomic E-state index is 12.3. The molecule has 1 aliphatic rings. The van der Waals surface area contributed by atoms with Gasteiger partial charge in [-0.15, -0.1) is 0 Å². The number of nitrogen functional groups attached to an aromatic ring is 1. The van der Waals surface area contributed by atoms with Gasteiger partial charge < -0.3 is 15.2 Å². The van der Waals surface area contributed by atoms with E-state index in [1.807, 2.05) is 16.5 Å². The number of aryl methyl sites for hydroxylation is 1. The zero-order chi connectivity index (χ0) is 12.4. The van der Waals surface area contributed by atoms with Gasteiger partial charge in [0.15, 0.2) is 0 Å². The lowest BCUT2D eigenvalue weighted by Gasteiger charge is -2.16. The minimum absolute atomic E-state index is 0.114. The summed E-state index contributed by atoms with van der Waals surface area (Å²) in [6, 6.07) is 1.76. The highest BCUT2D eigenvalue weighted by Gasteiger charge is 2.27. The summed E-state index contributed by atoms with van der Waals surface area (Å²) in [5.41, 5.74) is 7.05. The molecule has 0 aromatic carbocycles. The summed E-state index contributed by atoms with van der Waals surface area (Å²) in [6.45, 7) is 3.98. The van der Waals surface area contributed by atoms with E-state index in [1.54, 1.807) is 12.3 Å². The summed E-state index contributed by atoms with van der Waals surface area (Å²) >= 11 is 0. The average molecular weight is 235 g/mol. The van der Waals surface area contributed by atoms with Crippen LogP contribution in [0.1, 0.15) is 36.7 Å². The number of carbonyl (C=O) groups excluding carboxylic acids is 1. The zero-order valence-corrected chi connectivity index (χ0v) is 10.6. The second-order valence-corrected chi connectivity index (χ2v) is 4.96. The van der Waals surface area contributed by atoms with Crippen molar-refractivity contribution in [2.24, 2.45) is 13.0 Å². The Kier molecular flexibility index (Phi) is 3.41. The normalized spacial score (nSPS) is 19.9. The van der Waals surface area contributed by atoms with Gasteiger partial charge in [-0.1, -0.05) is 13.3 Å². The fourth-order valence-corrected chi connectivity index (χ4v) is 2.63. The van der Waals surface area contributed by atoms with Gasteiger partial charge in [0, 0.05) is 26.3 Å². The molecule has 1 fully saturated rings. The van der Waals surface area contributed by atoms with E-state index in [4.69, 9.17) is 5.73 Å². The molecular weight excluding hydrogens is 214 g/mol. The van der Waals surface area contributed by atoms with Crippen molar-refractivity contribution in [3.05, 3.63) is 18.0 Å². The Morgan fingerprint density at radius 1 is 1.59 bits per heavy atom. The van der Waals surface area contributed by atoms with Crippen LogP contribution < -0.4 is 5.73 Å². The summed E-state index contributed by atoms with van der Waals surface area (Å²) in [5.74, 6) is 0.796. The van der Waals surface area contributed by atoms with E-state index in [-0.39, 0.29) is 5.91 Å². The van der Waals surface area contributed by atoms with Crippen LogP contribution >= 0.6 is 0 Å². The molecule has 1 aromatic rings. The largest absolute Gasteiger partial charge is 0.397 e. The fourth-order valence-electron chi connectivity index (χ4n) is 2.63. The lowest BCUT2D eigenvalue weighted by atomic mass is 10.0. The van der Waals surface area contributed by atoms with Crippen LogP contribution in [0.5, 0.6) is 0 Å². The quantitative estimate of drug-likeness (QED) is 0.869. The van der Waals surface area contributed by atoms with Crippen LogP contribution in [-0.2, 0) is 7.05 Å². The molecule has 1 atom stereocenters. The number of carbonyl (C=O) groups is 1. The van der Waals surface area contributed by atoms with Crippen molar-refractivity contribution in [3.8, 4) is 0 Å². The molecule has 17 heavy (non-hydrogen) atoms. The molecule has 1 aromatic heterocycles. The van der Waals surface area contributed by atoms with Gasteiger partial charge in [0.2, 0.25) is 0 Å². The number of anilines is 1. The monoisotopic (exact) mass is 235 g/mol. The summed E-state index contributed by atoms with van der Waals surface area (Å²) in [7, 11) is 1.86. The minimum Gasteiger partial charge on any atom is -0.397 e. The molecule has 0 saturated carbocycles. The number of nitrogens with zero attached hydrogens (tertiary/aromatic N) is 2. The molecule has 0 spiro atoms. The lowest BCUT2D eigenvalue weighted by molar-refractivity contribution is 0.0777. The van der Waals surface area contributed by atoms with Crippen molar-refractivity contribution in [1.82, 2.24) is 9.47 Å². The number of nitrogens with two attached hydrogens (primary N) is 1. The third-order valence-electron chi connectivity index (χ3n) is 3.52. The Bertz CT molecular complexity index is 411. The lowest BCUT2D eigenvalue weighted by Crippen LogP contribution is -2.30. The first kappa shape index (κ1) is 12.0. The van der Waals surface area contributed by atoms with E-state index in [2.05, 4.69) is 6.92 Å². The number of amides is 1. The highest BCUT2D eigenvalue weighted by atomic mass is 16.2. The highest BCUT2D eigenvalue weighted by Crippen LogP contribution is 2.23. The molecule has 2 heterocycles. The van der Waals surface area contributed by atoms with Gasteiger partial charge >= 0.3 is 0 Å². The van der Waals surface area contributed by atoms with Gasteiger partial charge in [-0.3, -0.25) is 4.79 Å². The van der Waals surface area contributed by atoms with E-state index in [9.17, 15) is 4.79 Å². The van der Waals surface area contributed by atoms with Gasteiger partial charge in [0.05, 0.1) is 5.69 Å². The molecule has 0 bridgehead atoms. The molecule has 2 N–H and O–H groups in total. The second kappa shape index (κ2) is 4.82. The maximum atomic E-state index is 12.3. The Balaban J connectivity index is 2.04. The van der Waals surface area contributed by atoms with Crippen LogP contribution in [0.4, 0.5) is 5.69 Å². The van der Waals surface area contributed by atoms with E-state index < -0.39 is 0 Å². The van der Waals surface area contributed by atoms with Crippen molar-refractivity contribution in [3.63, 3.8) is 0 Å². The van der Waals surface area contributed by atoms with Crippen molar-refractivity contribution in [2.45, 2.75) is 26.2 Å². The molecule has 4 heteroatoms. The Morgan fingerprint density at radius 2 is 2.35 bits per heavy atom. The maximum Gasteiger partial charge on any atom is 0.270 e. The van der Waals surface area contributed by atoms with E-state index in [0.717, 1.165) is 19.5 Å². The number of aromatic nitrogens is 1. The second-order valence-electron chi connectivity index (χ2n) is 4.96. The first-order valence-electron chi connectivity index (χ1n) is 6.33. The summed E-state index contributed by atoms with van der Waals surface area (Å²) in [5, 5.41) is 0. The third kappa shape index (κ3) is 2.46. The predicted molar refractivity (Wildman–Crippen MR) is 68.7 cm³/mol. The van der Waals surface area contributed by atoms with Crippen molar-refractivity contribution >= 4 is 11.6 Å². The predicted octanol–water partition coefficient (Wildman–Crippen LogP) is 1.87. The standard InChI is InChI=1S/C13H21N3O/c1-3-4-10-5-6-16(8-10)13(17)12-7-11(14)9-15(12)2/h7,9-10H,3-6,8,14H2,1-2H3. The van der Waals surface area contributed by atoms with Gasteiger partial charge in [-0.2, -0.15) is 0 Å². The first-order chi connectivity index (χ1) is 8.11. The van der Waals surface area contributed by atoms with E-state index in [1.165, 1.54) is 12.8 Å². The molecular formula is C13H21N3O. The number of hydrogen-bond acceptors (Lipinski definition) is 2. The van der Waals surface area contributed by atoms with Gasteiger partial charge in [0.1, 0.15) is 5.69 Å². The number of likely N-dealkylation sites (tertiary alicyclic amines) is 1. The highest BCUT2D eigenvalue weighted by molar-refractivity contribution is 5.94. The van der Waals surface area contributed by atoms with E-state index >= 15 is 0 Å². The van der Waals surface area contributed by atoms with Crippen molar-refractivity contribution in [1.29, 1.82) is 0 Å². The van der Waals surface area contributed by atoms with Gasteiger partial charge in [0.25, 0.3) is 5.91 Å². The minimum atomic E-state index is 0.114. The first-order valence-corrected chi connectivity index (χ1v) is 6.33. The van der Waals surface area contributed by atoms with Crippen molar-refractivity contribution < 1.29 is 4.79 Å². The summed E-state index contributed by atoms with van der Waals surface area (Å²) in [6.07, 6.45) is 5.34. The van der Waals surface area contributed by atoms with Gasteiger partial charge in [-0.25, -0.2) is 0 Å². The SMILES string of the molecule is CCCC1CCN(C(=O)c2cc(N)cn2C)C1. The van der Waals surface area contributed by atoms with Crippen molar-refractivity contribution in [2.75, 3.05) is 18.8 Å². The zero-order valence-electron chi connectivity index (χ0n) is 10.6. The average Bonchev–Trinajstić information content (AvgIpc) is 2.85. The molecule has 1 unspecified atom stereocenters. The molecule has 1 amide bonds. The summed E-state index contributed by atoms with van der Waals surface area (Å²) in [4.78, 5) is 14.2. The Hall–Kier alpha value is -1.45. The number of hydrogen-bond donors (Lipinski definition) is 1. The topological polar surface area (TPSA) is 51.3 Å².